The van der Waals surface area contributed by atoms with Gasteiger partial charge in [-0.2, -0.15) is 5.26 Å². The number of hydrogen-bond donors (Lipinski definition) is 0. The van der Waals surface area contributed by atoms with E-state index in [2.05, 4.69) is 0 Å². The van der Waals surface area contributed by atoms with Crippen molar-refractivity contribution in [2.24, 2.45) is 5.92 Å². The van der Waals surface area contributed by atoms with Crippen molar-refractivity contribution in [1.29, 1.82) is 5.26 Å². The lowest BCUT2D eigenvalue weighted by Crippen LogP contribution is -2.12. The fraction of sp³-hybridized carbons (Fsp3) is 0.263. The summed E-state index contributed by atoms with van der Waals surface area (Å²) in [6.45, 7) is 3.86. The monoisotopic (exact) mass is 309 g/mol. The smallest absolute Gasteiger partial charge is 0.307 e. The van der Waals surface area contributed by atoms with Gasteiger partial charge in [-0.25, -0.2) is 0 Å². The first kappa shape index (κ1) is 16.6. The third-order valence-electron chi connectivity index (χ3n) is 3.08. The second-order valence-corrected chi connectivity index (χ2v) is 5.58. The molecule has 0 heterocycles. The third-order valence-corrected chi connectivity index (χ3v) is 3.08. The molecule has 4 heteroatoms. The third kappa shape index (κ3) is 5.15. The molecular weight excluding hydrogens is 290 g/mol. The minimum absolute atomic E-state index is 0.189. The summed E-state index contributed by atoms with van der Waals surface area (Å²) in [5, 5.41) is 9.28. The van der Waals surface area contributed by atoms with Gasteiger partial charge in [-0.1, -0.05) is 44.2 Å². The number of benzene rings is 2. The van der Waals surface area contributed by atoms with Crippen LogP contribution in [0.4, 0.5) is 0 Å². The average Bonchev–Trinajstić information content (AvgIpc) is 2.53. The Morgan fingerprint density at radius 3 is 2.43 bits per heavy atom. The molecule has 0 bridgehead atoms. The maximum absolute atomic E-state index is 11.8. The minimum atomic E-state index is -0.930. The lowest BCUT2D eigenvalue weighted by Gasteiger charge is -2.13. The minimum Gasteiger partial charge on any atom is -0.457 e. The van der Waals surface area contributed by atoms with Crippen LogP contribution in [0.1, 0.15) is 31.9 Å². The highest BCUT2D eigenvalue weighted by Crippen LogP contribution is 2.26. The van der Waals surface area contributed by atoms with Crippen molar-refractivity contribution in [3.05, 3.63) is 60.2 Å². The molecule has 118 valence electrons. The van der Waals surface area contributed by atoms with Crippen LogP contribution in [0.25, 0.3) is 0 Å². The lowest BCUT2D eigenvalue weighted by molar-refractivity contribution is -0.147. The number of nitrogens with zero attached hydrogens (tertiary/aromatic N) is 1. The first-order chi connectivity index (χ1) is 11.1. The van der Waals surface area contributed by atoms with Crippen molar-refractivity contribution < 1.29 is 14.3 Å². The van der Waals surface area contributed by atoms with E-state index in [4.69, 9.17) is 9.47 Å². The molecule has 4 nitrogen and oxygen atoms in total. The summed E-state index contributed by atoms with van der Waals surface area (Å²) in [4.78, 5) is 11.8. The molecule has 2 aromatic rings. The average molecular weight is 309 g/mol. The fourth-order valence-corrected chi connectivity index (χ4v) is 2.05. The highest BCUT2D eigenvalue weighted by Gasteiger charge is 2.17. The summed E-state index contributed by atoms with van der Waals surface area (Å²) in [5.74, 6) is 1.11. The van der Waals surface area contributed by atoms with Crippen molar-refractivity contribution in [1.82, 2.24) is 0 Å². The van der Waals surface area contributed by atoms with E-state index in [1.807, 2.05) is 50.2 Å². The van der Waals surface area contributed by atoms with Gasteiger partial charge in [-0.3, -0.25) is 4.79 Å². The zero-order valence-corrected chi connectivity index (χ0v) is 13.2. The maximum Gasteiger partial charge on any atom is 0.307 e. The largest absolute Gasteiger partial charge is 0.457 e. The van der Waals surface area contributed by atoms with Crippen LogP contribution in [-0.2, 0) is 9.53 Å². The molecule has 0 aliphatic heterocycles. The van der Waals surface area contributed by atoms with Gasteiger partial charge in [0.25, 0.3) is 0 Å². The van der Waals surface area contributed by atoms with Crippen molar-refractivity contribution >= 4 is 5.97 Å². The molecule has 0 radical (unpaired) electrons. The number of carbonyl (C=O) groups excluding carboxylic acids is 1. The molecule has 0 saturated heterocycles. The van der Waals surface area contributed by atoms with Gasteiger partial charge >= 0.3 is 5.97 Å². The van der Waals surface area contributed by atoms with Crippen LogP contribution >= 0.6 is 0 Å². The molecule has 0 saturated carbocycles. The topological polar surface area (TPSA) is 59.3 Å². The number of nitriles is 1. The van der Waals surface area contributed by atoms with Gasteiger partial charge in [-0.05, 0) is 30.2 Å². The molecular formula is C19H19NO3. The second kappa shape index (κ2) is 8.00. The zero-order valence-electron chi connectivity index (χ0n) is 13.2. The molecule has 23 heavy (non-hydrogen) atoms. The standard InChI is InChI=1S/C19H19NO3/c1-14(2)11-19(21)23-18(13-20)15-7-6-10-17(12-15)22-16-8-4-3-5-9-16/h3-10,12,14,18H,11H2,1-2H3. The number of carbonyl (C=O) groups is 1. The SMILES string of the molecule is CC(C)CC(=O)OC(C#N)c1cccc(Oc2ccccc2)c1. The van der Waals surface area contributed by atoms with E-state index in [0.29, 0.717) is 23.5 Å². The van der Waals surface area contributed by atoms with E-state index >= 15 is 0 Å². The Labute approximate surface area is 136 Å². The summed E-state index contributed by atoms with van der Waals surface area (Å²) in [5.41, 5.74) is 0.595. The number of hydrogen-bond acceptors (Lipinski definition) is 4. The first-order valence-electron chi connectivity index (χ1n) is 7.50. The van der Waals surface area contributed by atoms with Crippen LogP contribution in [0.2, 0.25) is 0 Å². The van der Waals surface area contributed by atoms with Gasteiger partial charge in [-0.15, -0.1) is 0 Å². The van der Waals surface area contributed by atoms with E-state index in [1.165, 1.54) is 0 Å². The van der Waals surface area contributed by atoms with Crippen molar-refractivity contribution in [2.45, 2.75) is 26.4 Å². The Bertz CT molecular complexity index is 689. The van der Waals surface area contributed by atoms with Gasteiger partial charge in [0.2, 0.25) is 6.10 Å². The summed E-state index contributed by atoms with van der Waals surface area (Å²) in [6, 6.07) is 18.4. The van der Waals surface area contributed by atoms with Crippen LogP contribution in [0.5, 0.6) is 11.5 Å². The van der Waals surface area contributed by atoms with E-state index < -0.39 is 6.10 Å². The summed E-state index contributed by atoms with van der Waals surface area (Å²) < 4.78 is 11.0. The molecule has 2 aromatic carbocycles. The number of esters is 1. The second-order valence-electron chi connectivity index (χ2n) is 5.58. The zero-order chi connectivity index (χ0) is 16.7. The molecule has 0 aromatic heterocycles. The Morgan fingerprint density at radius 2 is 1.78 bits per heavy atom. The summed E-state index contributed by atoms with van der Waals surface area (Å²) in [7, 11) is 0. The normalized spacial score (nSPS) is 11.6. The molecule has 0 N–H and O–H groups in total. The highest BCUT2D eigenvalue weighted by atomic mass is 16.5. The van der Waals surface area contributed by atoms with Gasteiger partial charge in [0.15, 0.2) is 0 Å². The van der Waals surface area contributed by atoms with E-state index in [1.54, 1.807) is 24.3 Å². The van der Waals surface area contributed by atoms with Crippen LogP contribution < -0.4 is 4.74 Å². The quantitative estimate of drug-likeness (QED) is 0.730. The fourth-order valence-electron chi connectivity index (χ4n) is 2.05. The van der Waals surface area contributed by atoms with Crippen LogP contribution in [0.15, 0.2) is 54.6 Å². The molecule has 0 aliphatic rings. The van der Waals surface area contributed by atoms with Crippen LogP contribution in [0.3, 0.4) is 0 Å². The number of para-hydroxylation sites is 1. The molecule has 1 atom stereocenters. The van der Waals surface area contributed by atoms with Gasteiger partial charge in [0.1, 0.15) is 17.6 Å². The molecule has 2 rings (SSSR count). The maximum atomic E-state index is 11.8. The highest BCUT2D eigenvalue weighted by molar-refractivity contribution is 5.70. The van der Waals surface area contributed by atoms with Gasteiger partial charge in [0, 0.05) is 12.0 Å². The summed E-state index contributed by atoms with van der Waals surface area (Å²) >= 11 is 0. The molecule has 0 fully saturated rings. The summed E-state index contributed by atoms with van der Waals surface area (Å²) in [6.07, 6.45) is -0.640. The van der Waals surface area contributed by atoms with Gasteiger partial charge < -0.3 is 9.47 Å². The molecule has 1 unspecified atom stereocenters. The molecule has 0 aliphatic carbocycles. The number of rotatable bonds is 6. The van der Waals surface area contributed by atoms with Crippen molar-refractivity contribution in [2.75, 3.05) is 0 Å². The van der Waals surface area contributed by atoms with E-state index in [-0.39, 0.29) is 11.9 Å². The Kier molecular flexibility index (Phi) is 5.76. The van der Waals surface area contributed by atoms with Crippen LogP contribution in [0, 0.1) is 17.2 Å². The predicted molar refractivity (Wildman–Crippen MR) is 86.9 cm³/mol. The van der Waals surface area contributed by atoms with Crippen molar-refractivity contribution in [3.8, 4) is 17.6 Å². The van der Waals surface area contributed by atoms with E-state index in [0.717, 1.165) is 0 Å². The predicted octanol–water partition coefficient (Wildman–Crippen LogP) is 4.63. The van der Waals surface area contributed by atoms with Crippen LogP contribution in [-0.4, -0.2) is 5.97 Å². The first-order valence-corrected chi connectivity index (χ1v) is 7.50. The van der Waals surface area contributed by atoms with E-state index in [9.17, 15) is 10.1 Å². The number of ether oxygens (including phenoxy) is 2. The molecule has 0 spiro atoms. The lowest BCUT2D eigenvalue weighted by atomic mass is 10.1. The molecule has 0 amide bonds. The Morgan fingerprint density at radius 1 is 1.09 bits per heavy atom. The van der Waals surface area contributed by atoms with Gasteiger partial charge in [0.05, 0.1) is 0 Å². The Hall–Kier alpha value is -2.80. The Balaban J connectivity index is 2.11. The van der Waals surface area contributed by atoms with Crippen molar-refractivity contribution in [3.63, 3.8) is 0 Å².